The number of aromatic nitrogens is 1. The number of benzene rings is 9. The van der Waals surface area contributed by atoms with E-state index in [0.717, 1.165) is 94.4 Å². The second kappa shape index (κ2) is 12.9. The lowest BCUT2D eigenvalue weighted by Crippen LogP contribution is -2.10. The van der Waals surface area contributed by atoms with Gasteiger partial charge in [-0.05, 0) is 113 Å². The fraction of sp³-hybridized carbons (Fsp3) is 0. The zero-order chi connectivity index (χ0) is 38.2. The molecule has 0 aliphatic carbocycles. The molecule has 272 valence electrons. The highest BCUT2D eigenvalue weighted by atomic mass is 16.3. The molecule has 0 radical (unpaired) electrons. The summed E-state index contributed by atoms with van der Waals surface area (Å²) in [5, 5.41) is 6.99. The summed E-state index contributed by atoms with van der Waals surface area (Å²) < 4.78 is 14.9. The van der Waals surface area contributed by atoms with Crippen LogP contribution in [-0.4, -0.2) is 4.57 Å². The van der Waals surface area contributed by atoms with E-state index in [0.29, 0.717) is 0 Å². The van der Waals surface area contributed by atoms with Crippen LogP contribution in [0.4, 0.5) is 17.1 Å². The zero-order valence-corrected chi connectivity index (χ0v) is 31.3. The summed E-state index contributed by atoms with van der Waals surface area (Å²) in [5.41, 5.74) is 14.8. The molecule has 0 saturated carbocycles. The number of fused-ring (bicyclic) bond motifs is 9. The average Bonchev–Trinajstić information content (AvgIpc) is 3.96. The van der Waals surface area contributed by atoms with Gasteiger partial charge in [0.05, 0.1) is 11.0 Å². The minimum absolute atomic E-state index is 0.895. The van der Waals surface area contributed by atoms with Crippen molar-refractivity contribution < 1.29 is 8.83 Å². The normalized spacial score (nSPS) is 11.8. The van der Waals surface area contributed by atoms with Gasteiger partial charge in [-0.2, -0.15) is 0 Å². The van der Waals surface area contributed by atoms with Gasteiger partial charge in [0, 0.05) is 55.1 Å². The molecule has 0 spiro atoms. The van der Waals surface area contributed by atoms with Crippen LogP contribution >= 0.6 is 0 Å². The van der Waals surface area contributed by atoms with Gasteiger partial charge in [0.15, 0.2) is 0 Å². The Labute approximate surface area is 334 Å². The number of nitrogens with zero attached hydrogens (tertiary/aromatic N) is 2. The maximum atomic E-state index is 6.25. The van der Waals surface area contributed by atoms with Crippen molar-refractivity contribution in [1.29, 1.82) is 0 Å². The van der Waals surface area contributed by atoms with Gasteiger partial charge in [-0.25, -0.2) is 0 Å². The molecule has 0 fully saturated rings. The van der Waals surface area contributed by atoms with Crippen molar-refractivity contribution in [3.05, 3.63) is 206 Å². The molecule has 0 unspecified atom stereocenters. The number of para-hydroxylation sites is 4. The molecule has 0 saturated heterocycles. The van der Waals surface area contributed by atoms with Crippen molar-refractivity contribution in [1.82, 2.24) is 4.57 Å². The Morgan fingerprint density at radius 1 is 0.293 bits per heavy atom. The Hall–Kier alpha value is -7.82. The van der Waals surface area contributed by atoms with E-state index in [2.05, 4.69) is 191 Å². The predicted octanol–water partition coefficient (Wildman–Crippen LogP) is 15.4. The van der Waals surface area contributed by atoms with Crippen LogP contribution in [0.5, 0.6) is 0 Å². The molecule has 0 bridgehead atoms. The van der Waals surface area contributed by atoms with Crippen molar-refractivity contribution in [2.75, 3.05) is 4.90 Å². The molecule has 0 amide bonds. The minimum atomic E-state index is 0.895. The fourth-order valence-electron chi connectivity index (χ4n) is 8.82. The van der Waals surface area contributed by atoms with Crippen LogP contribution in [0.2, 0.25) is 0 Å². The van der Waals surface area contributed by atoms with E-state index < -0.39 is 0 Å². The first-order valence-corrected chi connectivity index (χ1v) is 19.7. The molecule has 0 aliphatic rings. The summed E-state index contributed by atoms with van der Waals surface area (Å²) in [7, 11) is 0. The number of anilines is 3. The highest BCUT2D eigenvalue weighted by Crippen LogP contribution is 2.42. The van der Waals surface area contributed by atoms with Gasteiger partial charge >= 0.3 is 0 Å². The Bertz CT molecular complexity index is 3340. The van der Waals surface area contributed by atoms with Crippen LogP contribution in [0, 0.1) is 0 Å². The molecule has 3 aromatic heterocycles. The van der Waals surface area contributed by atoms with Crippen molar-refractivity contribution in [2.24, 2.45) is 0 Å². The summed E-state index contributed by atoms with van der Waals surface area (Å²) in [5.74, 6) is 0. The fourth-order valence-corrected chi connectivity index (χ4v) is 8.82. The molecule has 0 atom stereocenters. The second-order valence-electron chi connectivity index (χ2n) is 14.9. The lowest BCUT2D eigenvalue weighted by molar-refractivity contribution is 0.668. The molecule has 4 nitrogen and oxygen atoms in total. The van der Waals surface area contributed by atoms with Gasteiger partial charge in [-0.15, -0.1) is 0 Å². The maximum Gasteiger partial charge on any atom is 0.136 e. The molecule has 12 aromatic rings. The molecule has 12 rings (SSSR count). The monoisotopic (exact) mass is 742 g/mol. The van der Waals surface area contributed by atoms with Gasteiger partial charge in [0.2, 0.25) is 0 Å². The topological polar surface area (TPSA) is 34.5 Å². The third-order valence-corrected chi connectivity index (χ3v) is 11.6. The smallest absolute Gasteiger partial charge is 0.136 e. The first-order chi connectivity index (χ1) is 28.7. The number of furan rings is 2. The van der Waals surface area contributed by atoms with Gasteiger partial charge < -0.3 is 18.3 Å². The number of hydrogen-bond acceptors (Lipinski definition) is 3. The Balaban J connectivity index is 0.983. The summed E-state index contributed by atoms with van der Waals surface area (Å²) in [6.07, 6.45) is 0. The zero-order valence-electron chi connectivity index (χ0n) is 31.3. The van der Waals surface area contributed by atoms with Gasteiger partial charge in [0.1, 0.15) is 22.3 Å². The van der Waals surface area contributed by atoms with E-state index in [1.807, 2.05) is 24.3 Å². The molecule has 3 heterocycles. The van der Waals surface area contributed by atoms with Gasteiger partial charge in [-0.3, -0.25) is 0 Å². The quantitative estimate of drug-likeness (QED) is 0.170. The Kier molecular flexibility index (Phi) is 7.20. The van der Waals surface area contributed by atoms with Crippen molar-refractivity contribution in [3.63, 3.8) is 0 Å². The van der Waals surface area contributed by atoms with Crippen molar-refractivity contribution in [2.45, 2.75) is 0 Å². The lowest BCUT2D eigenvalue weighted by Gasteiger charge is -2.26. The molecule has 4 heteroatoms. The molecule has 0 N–H and O–H groups in total. The summed E-state index contributed by atoms with van der Waals surface area (Å²) in [4.78, 5) is 2.35. The molecular weight excluding hydrogens is 709 g/mol. The first kappa shape index (κ1) is 32.4. The lowest BCUT2D eigenvalue weighted by atomic mass is 10.0. The van der Waals surface area contributed by atoms with Crippen molar-refractivity contribution in [3.8, 4) is 27.9 Å². The van der Waals surface area contributed by atoms with Crippen LogP contribution < -0.4 is 4.90 Å². The van der Waals surface area contributed by atoms with Crippen LogP contribution in [0.3, 0.4) is 0 Å². The molecular formula is C54H34N2O2. The largest absolute Gasteiger partial charge is 0.456 e. The minimum Gasteiger partial charge on any atom is -0.456 e. The van der Waals surface area contributed by atoms with E-state index in [1.165, 1.54) is 16.3 Å². The molecule has 0 aliphatic heterocycles. The molecule has 58 heavy (non-hydrogen) atoms. The van der Waals surface area contributed by atoms with Crippen LogP contribution in [0.25, 0.3) is 93.6 Å². The van der Waals surface area contributed by atoms with E-state index in [9.17, 15) is 0 Å². The Morgan fingerprint density at radius 3 is 1.31 bits per heavy atom. The standard InChI is InChI=1S/C54H34N2O2/c1-2-10-39(11-3-1)56-49-15-7-4-12-43(49)44-31-28-42(34-50(44)56)55(40-24-18-35(19-25-40)37-22-29-47-45-13-5-8-16-51(45)57-53(47)32-37)41-26-20-36(21-27-41)38-23-30-48-46-14-6-9-17-52(46)58-54(48)33-38/h1-34H. The van der Waals surface area contributed by atoms with E-state index in [1.54, 1.807) is 0 Å². The maximum absolute atomic E-state index is 6.25. The third-order valence-electron chi connectivity index (χ3n) is 11.6. The molecule has 9 aromatic carbocycles. The highest BCUT2D eigenvalue weighted by Gasteiger charge is 2.18. The van der Waals surface area contributed by atoms with E-state index in [-0.39, 0.29) is 0 Å². The summed E-state index contributed by atoms with van der Waals surface area (Å²) in [6.45, 7) is 0. The van der Waals surface area contributed by atoms with Crippen molar-refractivity contribution >= 4 is 82.7 Å². The van der Waals surface area contributed by atoms with Crippen LogP contribution in [-0.2, 0) is 0 Å². The third kappa shape index (κ3) is 5.16. The van der Waals surface area contributed by atoms with E-state index >= 15 is 0 Å². The van der Waals surface area contributed by atoms with Crippen LogP contribution in [0.15, 0.2) is 215 Å². The highest BCUT2D eigenvalue weighted by molar-refractivity contribution is 6.11. The average molecular weight is 743 g/mol. The van der Waals surface area contributed by atoms with Crippen LogP contribution in [0.1, 0.15) is 0 Å². The first-order valence-electron chi connectivity index (χ1n) is 19.7. The second-order valence-corrected chi connectivity index (χ2v) is 14.9. The summed E-state index contributed by atoms with van der Waals surface area (Å²) in [6, 6.07) is 73.4. The number of hydrogen-bond donors (Lipinski definition) is 0. The SMILES string of the molecule is c1ccc(-n2c3ccccc3c3ccc(N(c4ccc(-c5ccc6c(c5)oc5ccccc56)cc4)c4ccc(-c5ccc6c(c5)oc5ccccc56)cc4)cc32)cc1. The predicted molar refractivity (Wildman–Crippen MR) is 241 cm³/mol. The Morgan fingerprint density at radius 2 is 0.724 bits per heavy atom. The van der Waals surface area contributed by atoms with Gasteiger partial charge in [-0.1, -0.05) is 115 Å². The summed E-state index contributed by atoms with van der Waals surface area (Å²) >= 11 is 0. The van der Waals surface area contributed by atoms with Gasteiger partial charge in [0.25, 0.3) is 0 Å². The van der Waals surface area contributed by atoms with E-state index in [4.69, 9.17) is 8.83 Å². The number of rotatable bonds is 6.